The molecule has 196 valence electrons. The Kier molecular flexibility index (Phi) is 8.21. The molecule has 4 N–H and O–H groups in total. The number of allylic oxidation sites excluding steroid dienone is 1. The van der Waals surface area contributed by atoms with E-state index in [1.165, 1.54) is 0 Å². The molecule has 0 aliphatic rings. The molecular weight excluding hydrogens is 489 g/mol. The first-order valence-electron chi connectivity index (χ1n) is 11.3. The molecule has 3 aromatic rings. The van der Waals surface area contributed by atoms with Crippen LogP contribution >= 0.6 is 0 Å². The topological polar surface area (TPSA) is 121 Å². The maximum Gasteiger partial charge on any atom is 0.405 e. The Morgan fingerprint density at radius 2 is 1.95 bits per heavy atom. The second-order valence-electron chi connectivity index (χ2n) is 8.52. The van der Waals surface area contributed by atoms with Gasteiger partial charge in [-0.2, -0.15) is 13.2 Å². The number of nitrogens with zero attached hydrogens (tertiary/aromatic N) is 2. The van der Waals surface area contributed by atoms with Crippen molar-refractivity contribution in [2.75, 3.05) is 18.5 Å². The molecule has 1 aromatic carbocycles. The van der Waals surface area contributed by atoms with Crippen molar-refractivity contribution in [2.45, 2.75) is 32.5 Å². The quantitative estimate of drug-likeness (QED) is 0.245. The van der Waals surface area contributed by atoms with Gasteiger partial charge in [0, 0.05) is 35.4 Å². The van der Waals surface area contributed by atoms with E-state index >= 15 is 0 Å². The molecule has 0 bridgehead atoms. The van der Waals surface area contributed by atoms with Gasteiger partial charge in [-0.15, -0.1) is 0 Å². The van der Waals surface area contributed by atoms with Crippen molar-refractivity contribution in [3.8, 4) is 11.3 Å². The van der Waals surface area contributed by atoms with Gasteiger partial charge in [0.1, 0.15) is 17.7 Å². The Labute approximate surface area is 211 Å². The Bertz CT molecular complexity index is 1330. The number of urea groups is 1. The first-order valence-corrected chi connectivity index (χ1v) is 11.3. The van der Waals surface area contributed by atoms with Gasteiger partial charge in [0.05, 0.1) is 18.5 Å². The van der Waals surface area contributed by atoms with Gasteiger partial charge in [0.2, 0.25) is 0 Å². The zero-order chi connectivity index (χ0) is 27.2. The van der Waals surface area contributed by atoms with E-state index in [0.717, 1.165) is 6.21 Å². The number of amides is 2. The number of imidazole rings is 1. The van der Waals surface area contributed by atoms with Crippen molar-refractivity contribution in [3.05, 3.63) is 60.6 Å². The summed E-state index contributed by atoms with van der Waals surface area (Å²) in [5.41, 5.74) is 2.46. The Morgan fingerprint density at radius 3 is 2.62 bits per heavy atom. The normalized spacial score (nSPS) is 12.2. The summed E-state index contributed by atoms with van der Waals surface area (Å²) in [6, 6.07) is 9.20. The average Bonchev–Trinajstić information content (AvgIpc) is 3.26. The molecule has 37 heavy (non-hydrogen) atoms. The van der Waals surface area contributed by atoms with Crippen LogP contribution in [0.3, 0.4) is 0 Å². The fourth-order valence-electron chi connectivity index (χ4n) is 3.32. The Hall–Kier alpha value is -4.35. The minimum atomic E-state index is -4.51. The monoisotopic (exact) mass is 516 g/mol. The summed E-state index contributed by atoms with van der Waals surface area (Å²) < 4.78 is 43.8. The Morgan fingerprint density at radius 1 is 1.19 bits per heavy atom. The zero-order valence-electron chi connectivity index (χ0n) is 20.4. The van der Waals surface area contributed by atoms with E-state index < -0.39 is 30.3 Å². The summed E-state index contributed by atoms with van der Waals surface area (Å²) in [5.74, 6) is -0.418. The van der Waals surface area contributed by atoms with E-state index in [9.17, 15) is 22.8 Å². The highest BCUT2D eigenvalue weighted by Crippen LogP contribution is 2.25. The average molecular weight is 517 g/mol. The number of aromatic nitrogens is 2. The number of benzene rings is 1. The third-order valence-corrected chi connectivity index (χ3v) is 5.24. The van der Waals surface area contributed by atoms with Crippen LogP contribution in [0.4, 0.5) is 23.7 Å². The summed E-state index contributed by atoms with van der Waals surface area (Å²) in [4.78, 5) is 28.3. The summed E-state index contributed by atoms with van der Waals surface area (Å²) >= 11 is 0. The summed E-state index contributed by atoms with van der Waals surface area (Å²) in [5, 5.41) is 14.9. The van der Waals surface area contributed by atoms with Crippen LogP contribution in [-0.2, 0) is 9.53 Å². The third kappa shape index (κ3) is 7.09. The van der Waals surface area contributed by atoms with E-state index in [1.54, 1.807) is 85.5 Å². The fraction of sp³-hybridized carbons (Fsp3) is 0.280. The second kappa shape index (κ2) is 11.1. The molecule has 3 rings (SSSR count). The van der Waals surface area contributed by atoms with Crippen LogP contribution in [0.2, 0.25) is 0 Å². The first-order chi connectivity index (χ1) is 17.4. The number of halogens is 3. The number of carbonyl (C=O) groups is 2. The Balaban J connectivity index is 1.81. The van der Waals surface area contributed by atoms with Crippen LogP contribution in [0.25, 0.3) is 22.5 Å². The highest BCUT2D eigenvalue weighted by Gasteiger charge is 2.28. The molecular formula is C25H27F3N6O3. The molecule has 0 spiro atoms. The van der Waals surface area contributed by atoms with Gasteiger partial charge in [-0.25, -0.2) is 14.6 Å². The third-order valence-electron chi connectivity index (χ3n) is 5.24. The molecule has 0 fully saturated rings. The number of ether oxygens (including phenoxy) is 1. The van der Waals surface area contributed by atoms with Crippen molar-refractivity contribution < 1.29 is 27.5 Å². The van der Waals surface area contributed by atoms with Crippen molar-refractivity contribution in [3.63, 3.8) is 0 Å². The van der Waals surface area contributed by atoms with Crippen LogP contribution in [0.5, 0.6) is 0 Å². The van der Waals surface area contributed by atoms with Crippen molar-refractivity contribution in [2.24, 2.45) is 0 Å². The highest BCUT2D eigenvalue weighted by molar-refractivity contribution is 6.08. The van der Waals surface area contributed by atoms with Gasteiger partial charge in [-0.1, -0.05) is 12.1 Å². The minimum Gasteiger partial charge on any atom is -0.464 e. The van der Waals surface area contributed by atoms with E-state index in [0.29, 0.717) is 33.7 Å². The molecule has 2 amide bonds. The van der Waals surface area contributed by atoms with Gasteiger partial charge in [0.25, 0.3) is 0 Å². The number of hydrogen-bond donors (Lipinski definition) is 4. The number of nitrogens with one attached hydrogen (secondary N) is 4. The molecule has 0 aliphatic heterocycles. The van der Waals surface area contributed by atoms with Gasteiger partial charge < -0.3 is 26.1 Å². The summed E-state index contributed by atoms with van der Waals surface area (Å²) in [7, 11) is 0. The summed E-state index contributed by atoms with van der Waals surface area (Å²) in [6.45, 7) is 3.90. The predicted octanol–water partition coefficient (Wildman–Crippen LogP) is 4.61. The smallest absolute Gasteiger partial charge is 0.405 e. The number of fused-ring (bicyclic) bond motifs is 1. The number of pyridine rings is 1. The van der Waals surface area contributed by atoms with Crippen LogP contribution in [0, 0.1) is 5.41 Å². The lowest BCUT2D eigenvalue weighted by Gasteiger charge is -2.23. The van der Waals surface area contributed by atoms with E-state index in [2.05, 4.69) is 15.6 Å². The SMILES string of the molecule is CCOC(=O)C(C)(C)N/C=C(\C=N)c1ccn2c(-c3cccc(NC(=O)NCC(F)(F)F)c3)cnc2c1. The van der Waals surface area contributed by atoms with Gasteiger partial charge in [-0.05, 0) is 50.6 Å². The molecule has 0 unspecified atom stereocenters. The first kappa shape index (κ1) is 27.2. The number of alkyl halides is 3. The maximum atomic E-state index is 12.3. The highest BCUT2D eigenvalue weighted by atomic mass is 19.4. The lowest BCUT2D eigenvalue weighted by atomic mass is 10.1. The maximum absolute atomic E-state index is 12.3. The molecule has 0 saturated heterocycles. The van der Waals surface area contributed by atoms with Crippen LogP contribution in [-0.4, -0.2) is 52.5 Å². The van der Waals surface area contributed by atoms with Crippen molar-refractivity contribution >= 4 is 35.1 Å². The molecule has 0 radical (unpaired) electrons. The number of esters is 1. The van der Waals surface area contributed by atoms with Crippen molar-refractivity contribution in [1.29, 1.82) is 5.41 Å². The number of rotatable bonds is 9. The van der Waals surface area contributed by atoms with Crippen molar-refractivity contribution in [1.82, 2.24) is 20.0 Å². The number of anilines is 1. The van der Waals surface area contributed by atoms with Gasteiger partial charge >= 0.3 is 18.2 Å². The van der Waals surface area contributed by atoms with E-state index in [4.69, 9.17) is 10.1 Å². The molecule has 0 atom stereocenters. The summed E-state index contributed by atoms with van der Waals surface area (Å²) in [6.07, 6.45) is 1.60. The molecule has 2 aromatic heterocycles. The lowest BCUT2D eigenvalue weighted by molar-refractivity contribution is -0.149. The molecule has 9 nitrogen and oxygen atoms in total. The molecule has 0 aliphatic carbocycles. The van der Waals surface area contributed by atoms with E-state index in [-0.39, 0.29) is 6.61 Å². The fourth-order valence-corrected chi connectivity index (χ4v) is 3.32. The predicted molar refractivity (Wildman–Crippen MR) is 134 cm³/mol. The molecule has 0 saturated carbocycles. The number of carbonyl (C=O) groups excluding carboxylic acids is 2. The standard InChI is InChI=1S/C25H27F3N6O3/c1-4-37-22(35)24(2,3)32-13-18(12-29)16-8-9-34-20(14-30-21(34)11-16)17-6-5-7-19(10-17)33-23(36)31-15-25(26,27)28/h5-14,29,32H,4,15H2,1-3H3,(H2,31,33,36)/b18-13+,29-12?. The largest absolute Gasteiger partial charge is 0.464 e. The van der Waals surface area contributed by atoms with Crippen LogP contribution in [0.15, 0.2) is 55.0 Å². The molecule has 12 heteroatoms. The lowest BCUT2D eigenvalue weighted by Crippen LogP contribution is -2.45. The van der Waals surface area contributed by atoms with Crippen LogP contribution < -0.4 is 16.0 Å². The van der Waals surface area contributed by atoms with E-state index in [1.807, 2.05) is 0 Å². The molecule has 2 heterocycles. The number of hydrogen-bond acceptors (Lipinski definition) is 6. The van der Waals surface area contributed by atoms with Crippen LogP contribution in [0.1, 0.15) is 26.3 Å². The zero-order valence-corrected chi connectivity index (χ0v) is 20.4. The minimum absolute atomic E-state index is 0.258. The van der Waals surface area contributed by atoms with Gasteiger partial charge in [0.15, 0.2) is 0 Å². The second-order valence-corrected chi connectivity index (χ2v) is 8.52. The van der Waals surface area contributed by atoms with Gasteiger partial charge in [-0.3, -0.25) is 4.40 Å².